The second-order valence-electron chi connectivity index (χ2n) is 5.91. The molecule has 148 valence electrons. The van der Waals surface area contributed by atoms with E-state index in [0.717, 1.165) is 5.56 Å². The number of benzene rings is 2. The summed E-state index contributed by atoms with van der Waals surface area (Å²) in [5.41, 5.74) is 2.48. The largest absolute Gasteiger partial charge is 0.497 e. The molecule has 3 rings (SSSR count). The van der Waals surface area contributed by atoms with E-state index < -0.39 is 5.97 Å². The van der Waals surface area contributed by atoms with Crippen molar-refractivity contribution in [2.75, 3.05) is 42.2 Å². The highest BCUT2D eigenvalue weighted by Gasteiger charge is 2.30. The number of methoxy groups -OCH3 is 5. The fourth-order valence-corrected chi connectivity index (χ4v) is 3.18. The SMILES string of the molecule is COc1ccc(C2=C(c3cc(OC)c(OC)c(OC)c3)C(=O)OC2)c(OC)c1. The van der Waals surface area contributed by atoms with Crippen molar-refractivity contribution in [3.8, 4) is 28.7 Å². The topological polar surface area (TPSA) is 72.5 Å². The number of hydrogen-bond donors (Lipinski definition) is 0. The van der Waals surface area contributed by atoms with E-state index in [4.69, 9.17) is 28.4 Å². The van der Waals surface area contributed by atoms with Crippen molar-refractivity contribution >= 4 is 17.1 Å². The molecule has 28 heavy (non-hydrogen) atoms. The molecule has 0 unspecified atom stereocenters. The maximum Gasteiger partial charge on any atom is 0.339 e. The van der Waals surface area contributed by atoms with Crippen molar-refractivity contribution < 1.29 is 33.2 Å². The second-order valence-corrected chi connectivity index (χ2v) is 5.91. The third-order valence-electron chi connectivity index (χ3n) is 4.54. The second kappa shape index (κ2) is 8.12. The summed E-state index contributed by atoms with van der Waals surface area (Å²) in [7, 11) is 7.72. The third kappa shape index (κ3) is 3.31. The van der Waals surface area contributed by atoms with Gasteiger partial charge in [-0.25, -0.2) is 4.79 Å². The number of carbonyl (C=O) groups excluding carboxylic acids is 1. The molecule has 0 spiro atoms. The van der Waals surface area contributed by atoms with Crippen molar-refractivity contribution in [1.29, 1.82) is 0 Å². The highest BCUT2D eigenvalue weighted by molar-refractivity contribution is 6.27. The normalized spacial score (nSPS) is 13.2. The van der Waals surface area contributed by atoms with E-state index in [9.17, 15) is 4.79 Å². The minimum Gasteiger partial charge on any atom is -0.497 e. The molecule has 0 radical (unpaired) electrons. The zero-order valence-corrected chi connectivity index (χ0v) is 16.5. The predicted molar refractivity (Wildman–Crippen MR) is 103 cm³/mol. The van der Waals surface area contributed by atoms with Crippen LogP contribution in [-0.4, -0.2) is 48.1 Å². The zero-order chi connectivity index (χ0) is 20.3. The number of cyclic esters (lactones) is 1. The molecule has 0 aromatic heterocycles. The quantitative estimate of drug-likeness (QED) is 0.677. The number of ether oxygens (including phenoxy) is 6. The minimum absolute atomic E-state index is 0.132. The van der Waals surface area contributed by atoms with Gasteiger partial charge in [0.2, 0.25) is 5.75 Å². The molecule has 2 aromatic rings. The Balaban J connectivity index is 2.23. The molecular weight excluding hydrogens is 364 g/mol. The first-order valence-corrected chi connectivity index (χ1v) is 8.51. The smallest absolute Gasteiger partial charge is 0.339 e. The fraction of sp³-hybridized carbons (Fsp3) is 0.286. The number of carbonyl (C=O) groups is 1. The van der Waals surface area contributed by atoms with Gasteiger partial charge in [-0.3, -0.25) is 0 Å². The van der Waals surface area contributed by atoms with Gasteiger partial charge in [-0.05, 0) is 29.8 Å². The van der Waals surface area contributed by atoms with Crippen LogP contribution >= 0.6 is 0 Å². The van der Waals surface area contributed by atoms with E-state index in [1.807, 2.05) is 6.07 Å². The van der Waals surface area contributed by atoms with Crippen molar-refractivity contribution in [3.63, 3.8) is 0 Å². The summed E-state index contributed by atoms with van der Waals surface area (Å²) >= 11 is 0. The molecule has 1 aliphatic rings. The average molecular weight is 386 g/mol. The number of hydrogen-bond acceptors (Lipinski definition) is 7. The maximum atomic E-state index is 12.6. The van der Waals surface area contributed by atoms with Crippen LogP contribution in [0.5, 0.6) is 28.7 Å². The van der Waals surface area contributed by atoms with Crippen LogP contribution < -0.4 is 23.7 Å². The van der Waals surface area contributed by atoms with Crippen LogP contribution in [0, 0.1) is 0 Å². The van der Waals surface area contributed by atoms with Crippen LogP contribution in [0.25, 0.3) is 11.1 Å². The molecule has 0 saturated heterocycles. The van der Waals surface area contributed by atoms with Gasteiger partial charge < -0.3 is 28.4 Å². The average Bonchev–Trinajstić information content (AvgIpc) is 3.12. The lowest BCUT2D eigenvalue weighted by Gasteiger charge is -2.15. The van der Waals surface area contributed by atoms with Crippen molar-refractivity contribution in [3.05, 3.63) is 41.5 Å². The molecule has 2 aromatic carbocycles. The molecular formula is C21H22O7. The summed E-state index contributed by atoms with van der Waals surface area (Å²) in [5.74, 6) is 2.15. The van der Waals surface area contributed by atoms with Gasteiger partial charge in [0.1, 0.15) is 18.1 Å². The van der Waals surface area contributed by atoms with Gasteiger partial charge in [-0.15, -0.1) is 0 Å². The molecule has 0 N–H and O–H groups in total. The molecule has 0 fully saturated rings. The molecule has 0 amide bonds. The first kappa shape index (κ1) is 19.4. The van der Waals surface area contributed by atoms with E-state index in [0.29, 0.717) is 45.5 Å². The lowest BCUT2D eigenvalue weighted by molar-refractivity contribution is -0.133. The van der Waals surface area contributed by atoms with Crippen molar-refractivity contribution in [1.82, 2.24) is 0 Å². The Morgan fingerprint density at radius 3 is 1.96 bits per heavy atom. The molecule has 1 heterocycles. The molecule has 7 heteroatoms. The Kier molecular flexibility index (Phi) is 5.63. The third-order valence-corrected chi connectivity index (χ3v) is 4.54. The monoisotopic (exact) mass is 386 g/mol. The maximum absolute atomic E-state index is 12.6. The standard InChI is InChI=1S/C21H22O7/c1-23-13-6-7-14(16(10-13)24-2)15-11-28-21(22)19(15)12-8-17(25-3)20(27-5)18(9-12)26-4/h6-10H,11H2,1-5H3. The minimum atomic E-state index is -0.429. The van der Waals surface area contributed by atoms with Crippen LogP contribution in [0.2, 0.25) is 0 Å². The van der Waals surface area contributed by atoms with E-state index in [1.165, 1.54) is 21.3 Å². The first-order chi connectivity index (χ1) is 13.6. The summed E-state index contributed by atoms with van der Waals surface area (Å²) in [6, 6.07) is 8.85. The highest BCUT2D eigenvalue weighted by Crippen LogP contribution is 2.44. The first-order valence-electron chi connectivity index (χ1n) is 8.51. The Hall–Kier alpha value is -3.35. The molecule has 0 aliphatic carbocycles. The molecule has 7 nitrogen and oxygen atoms in total. The number of rotatable bonds is 7. The predicted octanol–water partition coefficient (Wildman–Crippen LogP) is 3.20. The number of esters is 1. The lowest BCUT2D eigenvalue weighted by atomic mass is 9.95. The van der Waals surface area contributed by atoms with E-state index >= 15 is 0 Å². The van der Waals surface area contributed by atoms with Gasteiger partial charge in [0, 0.05) is 17.2 Å². The molecule has 0 saturated carbocycles. The summed E-state index contributed by atoms with van der Waals surface area (Å²) in [6.45, 7) is 0.132. The van der Waals surface area contributed by atoms with Crippen LogP contribution in [-0.2, 0) is 9.53 Å². The molecule has 0 atom stereocenters. The van der Waals surface area contributed by atoms with E-state index in [2.05, 4.69) is 0 Å². The van der Waals surface area contributed by atoms with Gasteiger partial charge in [0.15, 0.2) is 11.5 Å². The van der Waals surface area contributed by atoms with Crippen molar-refractivity contribution in [2.24, 2.45) is 0 Å². The van der Waals surface area contributed by atoms with Gasteiger partial charge in [0.25, 0.3) is 0 Å². The van der Waals surface area contributed by atoms with Crippen LogP contribution in [0.15, 0.2) is 30.3 Å². The highest BCUT2D eigenvalue weighted by atomic mass is 16.5. The Morgan fingerprint density at radius 1 is 0.786 bits per heavy atom. The zero-order valence-electron chi connectivity index (χ0n) is 16.5. The van der Waals surface area contributed by atoms with Gasteiger partial charge in [0.05, 0.1) is 41.1 Å². The van der Waals surface area contributed by atoms with Gasteiger partial charge >= 0.3 is 5.97 Å². The Bertz CT molecular complexity index is 905. The summed E-state index contributed by atoms with van der Waals surface area (Å²) < 4.78 is 32.3. The lowest BCUT2D eigenvalue weighted by Crippen LogP contribution is -2.02. The van der Waals surface area contributed by atoms with E-state index in [-0.39, 0.29) is 6.61 Å². The molecule has 0 bridgehead atoms. The summed E-state index contributed by atoms with van der Waals surface area (Å²) in [6.07, 6.45) is 0. The van der Waals surface area contributed by atoms with Crippen LogP contribution in [0.3, 0.4) is 0 Å². The Morgan fingerprint density at radius 2 is 1.43 bits per heavy atom. The van der Waals surface area contributed by atoms with Gasteiger partial charge in [-0.2, -0.15) is 0 Å². The summed E-state index contributed by atoms with van der Waals surface area (Å²) in [5, 5.41) is 0. The van der Waals surface area contributed by atoms with Gasteiger partial charge in [-0.1, -0.05) is 0 Å². The summed E-state index contributed by atoms with van der Waals surface area (Å²) in [4.78, 5) is 12.6. The van der Waals surface area contributed by atoms with Crippen molar-refractivity contribution in [2.45, 2.75) is 0 Å². The Labute approximate surface area is 163 Å². The van der Waals surface area contributed by atoms with Crippen LogP contribution in [0.4, 0.5) is 0 Å². The van der Waals surface area contributed by atoms with E-state index in [1.54, 1.807) is 38.5 Å². The molecule has 1 aliphatic heterocycles. The van der Waals surface area contributed by atoms with Crippen LogP contribution in [0.1, 0.15) is 11.1 Å². The fourth-order valence-electron chi connectivity index (χ4n) is 3.18.